The van der Waals surface area contributed by atoms with Crippen LogP contribution in [0.2, 0.25) is 0 Å². The first kappa shape index (κ1) is 19.1. The summed E-state index contributed by atoms with van der Waals surface area (Å²) in [6, 6.07) is 15.7. The number of hydrogen-bond acceptors (Lipinski definition) is 2. The third kappa shape index (κ3) is 5.99. The van der Waals surface area contributed by atoms with Crippen LogP contribution in [-0.2, 0) is 0 Å². The van der Waals surface area contributed by atoms with E-state index in [1.807, 2.05) is 23.9 Å². The van der Waals surface area contributed by atoms with Gasteiger partial charge in [0, 0.05) is 14.6 Å². The molecule has 0 heterocycles. The molecule has 0 radical (unpaired) electrons. The maximum atomic E-state index is 11.0. The molecule has 0 aliphatic heterocycles. The SMILES string of the molecule is CCCCCCC(Sc1ccc(Br)cc1)c1ccc(C(=O)O)cc1. The number of carboxylic acid groups (broad SMARTS) is 1. The Bertz CT molecular complexity index is 638. The summed E-state index contributed by atoms with van der Waals surface area (Å²) in [7, 11) is 0. The third-order valence-corrected chi connectivity index (χ3v) is 5.81. The molecule has 2 nitrogen and oxygen atoms in total. The van der Waals surface area contributed by atoms with Gasteiger partial charge in [-0.2, -0.15) is 0 Å². The van der Waals surface area contributed by atoms with E-state index < -0.39 is 5.97 Å². The molecule has 2 aromatic rings. The lowest BCUT2D eigenvalue weighted by molar-refractivity contribution is 0.0697. The van der Waals surface area contributed by atoms with Gasteiger partial charge in [-0.1, -0.05) is 60.7 Å². The van der Waals surface area contributed by atoms with Gasteiger partial charge in [0.15, 0.2) is 0 Å². The van der Waals surface area contributed by atoms with E-state index in [4.69, 9.17) is 5.11 Å². The highest BCUT2D eigenvalue weighted by molar-refractivity contribution is 9.10. The molecule has 2 aromatic carbocycles. The molecule has 0 spiro atoms. The predicted molar refractivity (Wildman–Crippen MR) is 105 cm³/mol. The van der Waals surface area contributed by atoms with Gasteiger partial charge < -0.3 is 5.11 Å². The van der Waals surface area contributed by atoms with E-state index in [0.29, 0.717) is 10.8 Å². The Labute approximate surface area is 156 Å². The van der Waals surface area contributed by atoms with Gasteiger partial charge in [-0.15, -0.1) is 11.8 Å². The highest BCUT2D eigenvalue weighted by atomic mass is 79.9. The number of aromatic carboxylic acids is 1. The number of unbranched alkanes of at least 4 members (excludes halogenated alkanes) is 3. The Morgan fingerprint density at radius 1 is 1.04 bits per heavy atom. The molecule has 1 N–H and O–H groups in total. The lowest BCUT2D eigenvalue weighted by Crippen LogP contribution is -1.99. The molecule has 0 aromatic heterocycles. The van der Waals surface area contributed by atoms with E-state index in [9.17, 15) is 4.79 Å². The summed E-state index contributed by atoms with van der Waals surface area (Å²) >= 11 is 5.33. The van der Waals surface area contributed by atoms with Crippen molar-refractivity contribution >= 4 is 33.7 Å². The molecule has 0 amide bonds. The van der Waals surface area contributed by atoms with Crippen molar-refractivity contribution in [1.82, 2.24) is 0 Å². The van der Waals surface area contributed by atoms with Crippen LogP contribution in [0.15, 0.2) is 57.9 Å². The molecule has 0 saturated heterocycles. The number of benzene rings is 2. The van der Waals surface area contributed by atoms with Crippen molar-refractivity contribution < 1.29 is 9.90 Å². The van der Waals surface area contributed by atoms with Gasteiger partial charge in [-0.3, -0.25) is 0 Å². The first-order valence-electron chi connectivity index (χ1n) is 8.35. The van der Waals surface area contributed by atoms with Crippen molar-refractivity contribution in [1.29, 1.82) is 0 Å². The maximum absolute atomic E-state index is 11.0. The van der Waals surface area contributed by atoms with Crippen LogP contribution < -0.4 is 0 Å². The largest absolute Gasteiger partial charge is 0.478 e. The second kappa shape index (κ2) is 9.90. The molecule has 0 bridgehead atoms. The van der Waals surface area contributed by atoms with Crippen LogP contribution in [0.4, 0.5) is 0 Å². The first-order valence-corrected chi connectivity index (χ1v) is 10.0. The van der Waals surface area contributed by atoms with Gasteiger partial charge in [0.2, 0.25) is 0 Å². The minimum Gasteiger partial charge on any atom is -0.478 e. The molecular formula is C20H23BrO2S. The number of thioether (sulfide) groups is 1. The van der Waals surface area contributed by atoms with Crippen LogP contribution in [-0.4, -0.2) is 11.1 Å². The summed E-state index contributed by atoms with van der Waals surface area (Å²) in [5.74, 6) is -0.874. The normalized spacial score (nSPS) is 12.1. The molecule has 1 unspecified atom stereocenters. The molecule has 0 aliphatic carbocycles. The summed E-state index contributed by atoms with van der Waals surface area (Å²) in [5.41, 5.74) is 1.54. The number of rotatable bonds is 9. The average Bonchev–Trinajstić information content (AvgIpc) is 2.59. The van der Waals surface area contributed by atoms with E-state index in [-0.39, 0.29) is 0 Å². The Balaban J connectivity index is 2.11. The van der Waals surface area contributed by atoms with Crippen molar-refractivity contribution in [3.05, 3.63) is 64.1 Å². The molecular weight excluding hydrogens is 384 g/mol. The highest BCUT2D eigenvalue weighted by Crippen LogP contribution is 2.39. The van der Waals surface area contributed by atoms with E-state index in [1.165, 1.54) is 36.1 Å². The van der Waals surface area contributed by atoms with E-state index in [0.717, 1.165) is 10.9 Å². The standard InChI is InChI=1S/C20H23BrO2S/c1-2-3-4-5-6-19(24-18-13-11-17(21)12-14-18)15-7-9-16(10-8-15)20(22)23/h7-14,19H,2-6H2,1H3,(H,22,23). The van der Waals surface area contributed by atoms with Crippen molar-refractivity contribution in [2.75, 3.05) is 0 Å². The van der Waals surface area contributed by atoms with Crippen molar-refractivity contribution in [3.63, 3.8) is 0 Å². The Kier molecular flexibility index (Phi) is 7.86. The van der Waals surface area contributed by atoms with Gasteiger partial charge in [-0.05, 0) is 48.4 Å². The topological polar surface area (TPSA) is 37.3 Å². The number of hydrogen-bond donors (Lipinski definition) is 1. The molecule has 24 heavy (non-hydrogen) atoms. The Hall–Kier alpha value is -1.26. The molecule has 4 heteroatoms. The van der Waals surface area contributed by atoms with Gasteiger partial charge in [0.25, 0.3) is 0 Å². The lowest BCUT2D eigenvalue weighted by atomic mass is 10.0. The molecule has 1 atom stereocenters. The summed E-state index contributed by atoms with van der Waals surface area (Å²) in [6.45, 7) is 2.22. The zero-order chi connectivity index (χ0) is 17.4. The van der Waals surface area contributed by atoms with Crippen molar-refractivity contribution in [3.8, 4) is 0 Å². The predicted octanol–water partition coefficient (Wildman–Crippen LogP) is 6.95. The number of carbonyl (C=O) groups is 1. The monoisotopic (exact) mass is 406 g/mol. The zero-order valence-electron chi connectivity index (χ0n) is 13.9. The van der Waals surface area contributed by atoms with Gasteiger partial charge in [0.1, 0.15) is 0 Å². The minimum atomic E-state index is -0.874. The van der Waals surface area contributed by atoms with E-state index in [2.05, 4.69) is 47.1 Å². The summed E-state index contributed by atoms with van der Waals surface area (Å²) in [4.78, 5) is 12.3. The van der Waals surface area contributed by atoms with Gasteiger partial charge in [0.05, 0.1) is 5.56 Å². The van der Waals surface area contributed by atoms with Crippen LogP contribution in [0.25, 0.3) is 0 Å². The van der Waals surface area contributed by atoms with Crippen molar-refractivity contribution in [2.45, 2.75) is 49.2 Å². The smallest absolute Gasteiger partial charge is 0.335 e. The molecule has 2 rings (SSSR count). The second-order valence-electron chi connectivity index (χ2n) is 5.84. The second-order valence-corrected chi connectivity index (χ2v) is 8.03. The van der Waals surface area contributed by atoms with Gasteiger partial charge >= 0.3 is 5.97 Å². The number of carboxylic acids is 1. The van der Waals surface area contributed by atoms with Crippen molar-refractivity contribution in [2.24, 2.45) is 0 Å². The average molecular weight is 407 g/mol. The fourth-order valence-corrected chi connectivity index (χ4v) is 4.03. The lowest BCUT2D eigenvalue weighted by Gasteiger charge is -2.17. The minimum absolute atomic E-state index is 0.345. The molecule has 0 aliphatic rings. The van der Waals surface area contributed by atoms with Crippen LogP contribution in [0, 0.1) is 0 Å². The summed E-state index contributed by atoms with van der Waals surface area (Å²) in [5, 5.41) is 9.42. The van der Waals surface area contributed by atoms with Crippen LogP contribution >= 0.6 is 27.7 Å². The fraction of sp³-hybridized carbons (Fsp3) is 0.350. The number of halogens is 1. The maximum Gasteiger partial charge on any atom is 0.335 e. The first-order chi connectivity index (χ1) is 11.6. The summed E-state index contributed by atoms with van der Waals surface area (Å²) < 4.78 is 1.08. The third-order valence-electron chi connectivity index (χ3n) is 3.94. The van der Waals surface area contributed by atoms with E-state index in [1.54, 1.807) is 12.1 Å². The van der Waals surface area contributed by atoms with Crippen LogP contribution in [0.5, 0.6) is 0 Å². The molecule has 0 fully saturated rings. The van der Waals surface area contributed by atoms with E-state index >= 15 is 0 Å². The highest BCUT2D eigenvalue weighted by Gasteiger charge is 2.14. The van der Waals surface area contributed by atoms with Crippen LogP contribution in [0.3, 0.4) is 0 Å². The Morgan fingerprint density at radius 3 is 2.29 bits per heavy atom. The zero-order valence-corrected chi connectivity index (χ0v) is 16.3. The Morgan fingerprint density at radius 2 is 1.71 bits per heavy atom. The molecule has 128 valence electrons. The quantitative estimate of drug-likeness (QED) is 0.361. The molecule has 0 saturated carbocycles. The van der Waals surface area contributed by atoms with Gasteiger partial charge in [-0.25, -0.2) is 4.79 Å². The fourth-order valence-electron chi connectivity index (χ4n) is 2.57. The summed E-state index contributed by atoms with van der Waals surface area (Å²) in [6.07, 6.45) is 6.06. The van der Waals surface area contributed by atoms with Crippen LogP contribution in [0.1, 0.15) is 60.2 Å².